The van der Waals surface area contributed by atoms with Crippen LogP contribution in [0.3, 0.4) is 0 Å². The zero-order chi connectivity index (χ0) is 17.5. The Morgan fingerprint density at radius 1 is 1.25 bits per heavy atom. The Balaban J connectivity index is 2.30. The molecule has 1 atom stereocenters. The van der Waals surface area contributed by atoms with Crippen LogP contribution in [-0.2, 0) is 11.2 Å². The van der Waals surface area contributed by atoms with Crippen molar-refractivity contribution in [2.75, 3.05) is 7.11 Å². The van der Waals surface area contributed by atoms with Crippen LogP contribution in [0, 0.1) is 0 Å². The molecule has 24 heavy (non-hydrogen) atoms. The third kappa shape index (κ3) is 4.35. The minimum absolute atomic E-state index is 0.365. The molecule has 0 heterocycles. The Hall–Kier alpha value is -2.82. The number of aliphatic carboxylic acids is 1. The second-order valence-corrected chi connectivity index (χ2v) is 5.26. The van der Waals surface area contributed by atoms with Crippen LogP contribution in [0.5, 0.6) is 11.5 Å². The van der Waals surface area contributed by atoms with Gasteiger partial charge >= 0.3 is 5.97 Å². The maximum atomic E-state index is 11.1. The van der Waals surface area contributed by atoms with Gasteiger partial charge in [0.15, 0.2) is 17.6 Å². The van der Waals surface area contributed by atoms with Gasteiger partial charge in [0.05, 0.1) is 12.8 Å². The summed E-state index contributed by atoms with van der Waals surface area (Å²) in [6.07, 6.45) is 1.63. The number of nitrogens with zero attached hydrogens (tertiary/aromatic N) is 1. The van der Waals surface area contributed by atoms with Crippen LogP contribution in [0.25, 0.3) is 0 Å². The molecule has 0 aliphatic heterocycles. The summed E-state index contributed by atoms with van der Waals surface area (Å²) in [4.78, 5) is 15.5. The van der Waals surface area contributed by atoms with Gasteiger partial charge in [-0.25, -0.2) is 4.79 Å². The van der Waals surface area contributed by atoms with E-state index in [1.165, 1.54) is 19.6 Å². The van der Waals surface area contributed by atoms with Crippen LogP contribution in [0.4, 0.5) is 5.69 Å². The van der Waals surface area contributed by atoms with E-state index in [1.807, 2.05) is 24.3 Å². The molecule has 0 unspecified atom stereocenters. The standard InChI is InChI=1S/C19H21NO4/c1-4-14-8-10-16(11-9-14)20-12-15-6-5-7-17(23-3)18(15)24-13(2)19(21)22/h5-13H,4H2,1-3H3,(H,21,22)/t13-/m0/s1. The van der Waals surface area contributed by atoms with Crippen LogP contribution in [-0.4, -0.2) is 30.5 Å². The normalized spacial score (nSPS) is 12.1. The number of carboxylic acids is 1. The lowest BCUT2D eigenvalue weighted by Crippen LogP contribution is -2.23. The predicted molar refractivity (Wildman–Crippen MR) is 93.8 cm³/mol. The largest absolute Gasteiger partial charge is 0.493 e. The fourth-order valence-electron chi connectivity index (χ4n) is 2.11. The molecule has 0 aliphatic carbocycles. The molecule has 0 aromatic heterocycles. The molecule has 2 aromatic carbocycles. The quantitative estimate of drug-likeness (QED) is 0.784. The average molecular weight is 327 g/mol. The van der Waals surface area contributed by atoms with Gasteiger partial charge in [-0.1, -0.05) is 25.1 Å². The van der Waals surface area contributed by atoms with Crippen molar-refractivity contribution in [2.45, 2.75) is 26.4 Å². The molecule has 1 N–H and O–H groups in total. The van der Waals surface area contributed by atoms with Gasteiger partial charge in [0.2, 0.25) is 0 Å². The number of methoxy groups -OCH3 is 1. The minimum atomic E-state index is -1.04. The molecule has 2 rings (SSSR count). The van der Waals surface area contributed by atoms with Gasteiger partial charge < -0.3 is 14.6 Å². The van der Waals surface area contributed by atoms with E-state index in [0.29, 0.717) is 17.1 Å². The van der Waals surface area contributed by atoms with E-state index in [4.69, 9.17) is 14.6 Å². The number of aryl methyl sites for hydroxylation is 1. The van der Waals surface area contributed by atoms with E-state index in [2.05, 4.69) is 11.9 Å². The highest BCUT2D eigenvalue weighted by atomic mass is 16.5. The zero-order valence-electron chi connectivity index (χ0n) is 14.0. The van der Waals surface area contributed by atoms with Crippen molar-refractivity contribution >= 4 is 17.9 Å². The fourth-order valence-corrected chi connectivity index (χ4v) is 2.11. The van der Waals surface area contributed by atoms with E-state index in [9.17, 15) is 4.79 Å². The highest BCUT2D eigenvalue weighted by Gasteiger charge is 2.17. The fraction of sp³-hybridized carbons (Fsp3) is 0.263. The van der Waals surface area contributed by atoms with Gasteiger partial charge in [-0.15, -0.1) is 0 Å². The summed E-state index contributed by atoms with van der Waals surface area (Å²) < 4.78 is 10.8. The summed E-state index contributed by atoms with van der Waals surface area (Å²) in [5.74, 6) is -0.212. The van der Waals surface area contributed by atoms with Gasteiger partial charge in [-0.2, -0.15) is 0 Å². The zero-order valence-corrected chi connectivity index (χ0v) is 14.0. The molecule has 0 radical (unpaired) electrons. The molecule has 2 aromatic rings. The number of carbonyl (C=O) groups is 1. The van der Waals surface area contributed by atoms with Crippen molar-refractivity contribution in [3.05, 3.63) is 53.6 Å². The molecule has 0 saturated heterocycles. The van der Waals surface area contributed by atoms with Gasteiger partial charge in [0, 0.05) is 11.8 Å². The second kappa shape index (κ2) is 8.15. The molecule has 0 saturated carbocycles. The maximum Gasteiger partial charge on any atom is 0.344 e. The van der Waals surface area contributed by atoms with E-state index < -0.39 is 12.1 Å². The molecule has 5 heteroatoms. The van der Waals surface area contributed by atoms with Crippen molar-refractivity contribution in [1.82, 2.24) is 0 Å². The third-order valence-electron chi connectivity index (χ3n) is 3.57. The lowest BCUT2D eigenvalue weighted by Gasteiger charge is -2.15. The van der Waals surface area contributed by atoms with Crippen molar-refractivity contribution in [3.8, 4) is 11.5 Å². The van der Waals surface area contributed by atoms with Gasteiger partial charge in [-0.3, -0.25) is 4.99 Å². The number of benzene rings is 2. The Bertz CT molecular complexity index is 723. The van der Waals surface area contributed by atoms with E-state index in [-0.39, 0.29) is 0 Å². The van der Waals surface area contributed by atoms with Gasteiger partial charge in [-0.05, 0) is 43.2 Å². The molecule has 126 valence electrons. The Morgan fingerprint density at radius 3 is 2.54 bits per heavy atom. The Morgan fingerprint density at radius 2 is 1.96 bits per heavy atom. The summed E-state index contributed by atoms with van der Waals surface area (Å²) in [5, 5.41) is 9.06. The van der Waals surface area contributed by atoms with Crippen LogP contribution < -0.4 is 9.47 Å². The number of rotatable bonds is 7. The van der Waals surface area contributed by atoms with Crippen molar-refractivity contribution < 1.29 is 19.4 Å². The van der Waals surface area contributed by atoms with Crippen LogP contribution in [0.15, 0.2) is 47.5 Å². The molecular weight excluding hydrogens is 306 g/mol. The topological polar surface area (TPSA) is 68.1 Å². The van der Waals surface area contributed by atoms with Crippen LogP contribution in [0.2, 0.25) is 0 Å². The predicted octanol–water partition coefficient (Wildman–Crippen LogP) is 3.86. The first kappa shape index (κ1) is 17.5. The molecule has 0 bridgehead atoms. The monoisotopic (exact) mass is 327 g/mol. The number of para-hydroxylation sites is 1. The van der Waals surface area contributed by atoms with E-state index in [1.54, 1.807) is 24.4 Å². The van der Waals surface area contributed by atoms with E-state index in [0.717, 1.165) is 12.1 Å². The van der Waals surface area contributed by atoms with Gasteiger partial charge in [0.1, 0.15) is 0 Å². The number of aliphatic imine (C=N–C) groups is 1. The molecule has 5 nitrogen and oxygen atoms in total. The molecular formula is C19H21NO4. The maximum absolute atomic E-state index is 11.1. The summed E-state index contributed by atoms with van der Waals surface area (Å²) >= 11 is 0. The molecule has 0 amide bonds. The SMILES string of the molecule is CCc1ccc(N=Cc2cccc(OC)c2O[C@@H](C)C(=O)O)cc1. The molecule has 0 aliphatic rings. The average Bonchev–Trinajstić information content (AvgIpc) is 2.60. The minimum Gasteiger partial charge on any atom is -0.493 e. The number of carboxylic acid groups (broad SMARTS) is 1. The highest BCUT2D eigenvalue weighted by Crippen LogP contribution is 2.31. The lowest BCUT2D eigenvalue weighted by atomic mass is 10.1. The highest BCUT2D eigenvalue weighted by molar-refractivity contribution is 5.87. The first-order valence-electron chi connectivity index (χ1n) is 7.74. The summed E-state index contributed by atoms with van der Waals surface area (Å²) in [7, 11) is 1.51. The van der Waals surface area contributed by atoms with Crippen LogP contribution >= 0.6 is 0 Å². The van der Waals surface area contributed by atoms with E-state index >= 15 is 0 Å². The van der Waals surface area contributed by atoms with Gasteiger partial charge in [0.25, 0.3) is 0 Å². The van der Waals surface area contributed by atoms with Crippen LogP contribution in [0.1, 0.15) is 25.0 Å². The smallest absolute Gasteiger partial charge is 0.344 e. The second-order valence-electron chi connectivity index (χ2n) is 5.26. The van der Waals surface area contributed by atoms with Crippen molar-refractivity contribution in [2.24, 2.45) is 4.99 Å². The van der Waals surface area contributed by atoms with Crippen molar-refractivity contribution in [3.63, 3.8) is 0 Å². The molecule has 0 spiro atoms. The Labute approximate surface area is 141 Å². The number of hydrogen-bond donors (Lipinski definition) is 1. The third-order valence-corrected chi connectivity index (χ3v) is 3.57. The first-order valence-corrected chi connectivity index (χ1v) is 7.74. The molecule has 0 fully saturated rings. The Kier molecular flexibility index (Phi) is 5.95. The number of hydrogen-bond acceptors (Lipinski definition) is 4. The summed E-state index contributed by atoms with van der Waals surface area (Å²) in [6.45, 7) is 3.57. The number of ether oxygens (including phenoxy) is 2. The summed E-state index contributed by atoms with van der Waals surface area (Å²) in [5.41, 5.74) is 2.71. The van der Waals surface area contributed by atoms with Crippen molar-refractivity contribution in [1.29, 1.82) is 0 Å². The summed E-state index contributed by atoms with van der Waals surface area (Å²) in [6, 6.07) is 13.3. The first-order chi connectivity index (χ1) is 11.5. The lowest BCUT2D eigenvalue weighted by molar-refractivity contribution is -0.144.